The Balaban J connectivity index is 2.47. The Kier molecular flexibility index (Phi) is 6.13. The van der Waals surface area contributed by atoms with Crippen LogP contribution in [0, 0.1) is 17.8 Å². The predicted molar refractivity (Wildman–Crippen MR) is 74.1 cm³/mol. The van der Waals surface area contributed by atoms with Crippen LogP contribution < -0.4 is 5.73 Å². The van der Waals surface area contributed by atoms with Gasteiger partial charge in [0.2, 0.25) is 0 Å². The Labute approximate surface area is 111 Å². The maximum atomic E-state index is 11.8. The zero-order chi connectivity index (χ0) is 13.7. The Morgan fingerprint density at radius 1 is 1.33 bits per heavy atom. The van der Waals surface area contributed by atoms with Crippen LogP contribution in [-0.2, 0) is 9.53 Å². The van der Waals surface area contributed by atoms with Crippen molar-refractivity contribution in [3.05, 3.63) is 0 Å². The molecule has 0 bridgehead atoms. The summed E-state index contributed by atoms with van der Waals surface area (Å²) < 4.78 is 5.69. The van der Waals surface area contributed by atoms with Gasteiger partial charge < -0.3 is 10.5 Å². The molecule has 1 aliphatic carbocycles. The Morgan fingerprint density at radius 3 is 2.56 bits per heavy atom. The van der Waals surface area contributed by atoms with Gasteiger partial charge in [-0.05, 0) is 43.9 Å². The SMILES string of the molecule is CC(N)CCC(=O)OC1CC(C)CCC1C(C)C. The molecular weight excluding hydrogens is 226 g/mol. The molecule has 0 saturated heterocycles. The van der Waals surface area contributed by atoms with Gasteiger partial charge in [-0.2, -0.15) is 0 Å². The van der Waals surface area contributed by atoms with Crippen LogP contribution in [0.5, 0.6) is 0 Å². The zero-order valence-corrected chi connectivity index (χ0v) is 12.3. The Hall–Kier alpha value is -0.570. The average molecular weight is 255 g/mol. The van der Waals surface area contributed by atoms with Gasteiger partial charge in [0, 0.05) is 12.5 Å². The molecule has 0 amide bonds. The Bertz CT molecular complexity index is 263. The second kappa shape index (κ2) is 7.13. The quantitative estimate of drug-likeness (QED) is 0.768. The van der Waals surface area contributed by atoms with E-state index in [2.05, 4.69) is 20.8 Å². The monoisotopic (exact) mass is 255 g/mol. The van der Waals surface area contributed by atoms with E-state index in [0.29, 0.717) is 30.6 Å². The van der Waals surface area contributed by atoms with Crippen molar-refractivity contribution in [1.82, 2.24) is 0 Å². The summed E-state index contributed by atoms with van der Waals surface area (Å²) in [5, 5.41) is 0. The van der Waals surface area contributed by atoms with Crippen LogP contribution in [0.4, 0.5) is 0 Å². The largest absolute Gasteiger partial charge is 0.462 e. The predicted octanol–water partition coefficient (Wildman–Crippen LogP) is 3.12. The third kappa shape index (κ3) is 4.97. The summed E-state index contributed by atoms with van der Waals surface area (Å²) in [5.41, 5.74) is 5.66. The van der Waals surface area contributed by atoms with Crippen molar-refractivity contribution in [2.45, 2.75) is 71.9 Å². The van der Waals surface area contributed by atoms with Crippen LogP contribution in [0.1, 0.15) is 59.8 Å². The van der Waals surface area contributed by atoms with Crippen molar-refractivity contribution in [1.29, 1.82) is 0 Å². The molecule has 106 valence electrons. The molecule has 0 radical (unpaired) electrons. The van der Waals surface area contributed by atoms with Crippen LogP contribution in [0.25, 0.3) is 0 Å². The topological polar surface area (TPSA) is 52.3 Å². The summed E-state index contributed by atoms with van der Waals surface area (Å²) in [4.78, 5) is 11.8. The molecule has 18 heavy (non-hydrogen) atoms. The molecule has 3 heteroatoms. The molecule has 1 fully saturated rings. The number of esters is 1. The number of nitrogens with two attached hydrogens (primary N) is 1. The summed E-state index contributed by atoms with van der Waals surface area (Å²) in [7, 11) is 0. The van der Waals surface area contributed by atoms with Crippen molar-refractivity contribution < 1.29 is 9.53 Å². The first-order valence-electron chi connectivity index (χ1n) is 7.35. The number of rotatable bonds is 5. The lowest BCUT2D eigenvalue weighted by molar-refractivity contribution is -0.156. The molecule has 1 aliphatic rings. The van der Waals surface area contributed by atoms with E-state index < -0.39 is 0 Å². The molecule has 0 aromatic heterocycles. The second-order valence-corrected chi connectivity index (χ2v) is 6.37. The number of hydrogen-bond acceptors (Lipinski definition) is 3. The van der Waals surface area contributed by atoms with E-state index in [4.69, 9.17) is 10.5 Å². The smallest absolute Gasteiger partial charge is 0.306 e. The van der Waals surface area contributed by atoms with Crippen molar-refractivity contribution in [2.75, 3.05) is 0 Å². The highest BCUT2D eigenvalue weighted by Crippen LogP contribution is 2.35. The van der Waals surface area contributed by atoms with E-state index in [9.17, 15) is 4.79 Å². The third-order valence-corrected chi connectivity index (χ3v) is 4.05. The number of ether oxygens (including phenoxy) is 1. The molecule has 1 saturated carbocycles. The first kappa shape index (κ1) is 15.5. The fraction of sp³-hybridized carbons (Fsp3) is 0.933. The summed E-state index contributed by atoms with van der Waals surface area (Å²) in [5.74, 6) is 1.72. The summed E-state index contributed by atoms with van der Waals surface area (Å²) in [6, 6.07) is 0.0729. The minimum absolute atomic E-state index is 0.0722. The molecule has 2 N–H and O–H groups in total. The molecule has 0 heterocycles. The molecule has 1 rings (SSSR count). The molecule has 4 atom stereocenters. The van der Waals surface area contributed by atoms with Gasteiger partial charge in [-0.1, -0.05) is 27.2 Å². The first-order chi connectivity index (χ1) is 8.40. The fourth-order valence-electron chi connectivity index (χ4n) is 2.82. The lowest BCUT2D eigenvalue weighted by Gasteiger charge is -2.36. The van der Waals surface area contributed by atoms with Crippen molar-refractivity contribution in [3.63, 3.8) is 0 Å². The van der Waals surface area contributed by atoms with E-state index in [0.717, 1.165) is 6.42 Å². The number of carbonyl (C=O) groups excluding carboxylic acids is 1. The molecule has 0 aliphatic heterocycles. The van der Waals surface area contributed by atoms with Crippen molar-refractivity contribution in [3.8, 4) is 0 Å². The van der Waals surface area contributed by atoms with E-state index in [1.54, 1.807) is 0 Å². The fourth-order valence-corrected chi connectivity index (χ4v) is 2.82. The van der Waals surface area contributed by atoms with Crippen LogP contribution >= 0.6 is 0 Å². The van der Waals surface area contributed by atoms with Gasteiger partial charge in [-0.3, -0.25) is 4.79 Å². The first-order valence-corrected chi connectivity index (χ1v) is 7.35. The van der Waals surface area contributed by atoms with Crippen LogP contribution in [0.3, 0.4) is 0 Å². The summed E-state index contributed by atoms with van der Waals surface area (Å²) in [6.45, 7) is 8.62. The van der Waals surface area contributed by atoms with Crippen LogP contribution in [0.2, 0.25) is 0 Å². The molecular formula is C15H29NO2. The van der Waals surface area contributed by atoms with Crippen molar-refractivity contribution in [2.24, 2.45) is 23.5 Å². The lowest BCUT2D eigenvalue weighted by Crippen LogP contribution is -2.36. The highest BCUT2D eigenvalue weighted by molar-refractivity contribution is 5.69. The molecule has 0 spiro atoms. The average Bonchev–Trinajstić information content (AvgIpc) is 2.26. The van der Waals surface area contributed by atoms with Gasteiger partial charge in [-0.15, -0.1) is 0 Å². The van der Waals surface area contributed by atoms with Crippen molar-refractivity contribution >= 4 is 5.97 Å². The molecule has 0 aromatic carbocycles. The number of carbonyl (C=O) groups is 1. The van der Waals surface area contributed by atoms with Crippen LogP contribution in [-0.4, -0.2) is 18.1 Å². The minimum Gasteiger partial charge on any atom is -0.462 e. The maximum absolute atomic E-state index is 11.8. The lowest BCUT2D eigenvalue weighted by atomic mass is 9.75. The van der Waals surface area contributed by atoms with Gasteiger partial charge in [0.1, 0.15) is 6.10 Å². The molecule has 3 nitrogen and oxygen atoms in total. The highest BCUT2D eigenvalue weighted by atomic mass is 16.5. The van der Waals surface area contributed by atoms with Gasteiger partial charge in [0.15, 0.2) is 0 Å². The second-order valence-electron chi connectivity index (χ2n) is 6.37. The van der Waals surface area contributed by atoms with Crippen LogP contribution in [0.15, 0.2) is 0 Å². The van der Waals surface area contributed by atoms with Gasteiger partial charge in [0.25, 0.3) is 0 Å². The standard InChI is InChI=1S/C15H29NO2/c1-10(2)13-7-5-11(3)9-14(13)18-15(17)8-6-12(4)16/h10-14H,5-9,16H2,1-4H3. The van der Waals surface area contributed by atoms with Gasteiger partial charge in [-0.25, -0.2) is 0 Å². The normalized spacial score (nSPS) is 30.2. The molecule has 4 unspecified atom stereocenters. The Morgan fingerprint density at radius 2 is 2.00 bits per heavy atom. The van der Waals surface area contributed by atoms with E-state index in [1.165, 1.54) is 12.8 Å². The number of hydrogen-bond donors (Lipinski definition) is 1. The summed E-state index contributed by atoms with van der Waals surface area (Å²) >= 11 is 0. The zero-order valence-electron chi connectivity index (χ0n) is 12.3. The maximum Gasteiger partial charge on any atom is 0.306 e. The van der Waals surface area contributed by atoms with Gasteiger partial charge in [0.05, 0.1) is 0 Å². The minimum atomic E-state index is -0.0722. The van der Waals surface area contributed by atoms with E-state index >= 15 is 0 Å². The highest BCUT2D eigenvalue weighted by Gasteiger charge is 2.33. The van der Waals surface area contributed by atoms with E-state index in [-0.39, 0.29) is 18.1 Å². The summed E-state index contributed by atoms with van der Waals surface area (Å²) in [6.07, 6.45) is 4.75. The molecule has 0 aromatic rings. The van der Waals surface area contributed by atoms with Gasteiger partial charge >= 0.3 is 5.97 Å². The van der Waals surface area contributed by atoms with E-state index in [1.807, 2.05) is 6.92 Å². The third-order valence-electron chi connectivity index (χ3n) is 4.05.